The lowest BCUT2D eigenvalue weighted by Crippen LogP contribution is -2.30. The van der Waals surface area contributed by atoms with Gasteiger partial charge >= 0.3 is 0 Å². The maximum absolute atomic E-state index is 14.1. The van der Waals surface area contributed by atoms with E-state index < -0.39 is 0 Å². The van der Waals surface area contributed by atoms with Crippen LogP contribution >= 0.6 is 0 Å². The second-order valence-electron chi connectivity index (χ2n) is 5.53. The third kappa shape index (κ3) is 3.47. The average Bonchev–Trinajstić information content (AvgIpc) is 3.23. The lowest BCUT2D eigenvalue weighted by Gasteiger charge is -2.27. The molecule has 1 atom stereocenters. The van der Waals surface area contributed by atoms with Crippen LogP contribution in [0, 0.1) is 5.82 Å². The zero-order valence-corrected chi connectivity index (χ0v) is 12.0. The second-order valence-corrected chi connectivity index (χ2v) is 5.53. The lowest BCUT2D eigenvalue weighted by molar-refractivity contribution is 0.576. The first-order valence-corrected chi connectivity index (χ1v) is 7.47. The van der Waals surface area contributed by atoms with Crippen molar-refractivity contribution in [2.24, 2.45) is 5.73 Å². The predicted molar refractivity (Wildman–Crippen MR) is 79.0 cm³/mol. The minimum Gasteiger partial charge on any atom is -0.368 e. The fourth-order valence-corrected chi connectivity index (χ4v) is 2.55. The fourth-order valence-electron chi connectivity index (χ4n) is 2.55. The van der Waals surface area contributed by atoms with Crippen LogP contribution in [0.5, 0.6) is 0 Å². The molecule has 1 fully saturated rings. The topological polar surface area (TPSA) is 29.3 Å². The molecular weight excluding hydrogens is 239 g/mol. The number of benzene rings is 1. The summed E-state index contributed by atoms with van der Waals surface area (Å²) >= 11 is 0. The molecule has 0 saturated heterocycles. The molecule has 106 valence electrons. The Morgan fingerprint density at radius 2 is 2.11 bits per heavy atom. The molecule has 0 bridgehead atoms. The summed E-state index contributed by atoms with van der Waals surface area (Å²) < 4.78 is 14.1. The summed E-state index contributed by atoms with van der Waals surface area (Å²) in [6.45, 7) is 5.23. The Balaban J connectivity index is 2.29. The third-order valence-corrected chi connectivity index (χ3v) is 3.85. The summed E-state index contributed by atoms with van der Waals surface area (Å²) in [5.41, 5.74) is 7.89. The first-order chi connectivity index (χ1) is 9.17. The standard InChI is InChI=1S/C16H25FN2/c1-3-10-19(13-8-9-13)16-7-5-6-15(17)14(16)11-12(18)4-2/h5-7,12-13H,3-4,8-11,18H2,1-2H3. The van der Waals surface area contributed by atoms with Crippen molar-refractivity contribution in [2.45, 2.75) is 58.0 Å². The molecule has 0 aromatic heterocycles. The summed E-state index contributed by atoms with van der Waals surface area (Å²) in [5, 5.41) is 0. The number of nitrogens with zero attached hydrogens (tertiary/aromatic N) is 1. The van der Waals surface area contributed by atoms with Gasteiger partial charge in [-0.3, -0.25) is 0 Å². The van der Waals surface area contributed by atoms with Crippen molar-refractivity contribution in [1.29, 1.82) is 0 Å². The van der Waals surface area contributed by atoms with Crippen LogP contribution in [0.1, 0.15) is 45.1 Å². The Morgan fingerprint density at radius 1 is 1.37 bits per heavy atom. The van der Waals surface area contributed by atoms with Crippen molar-refractivity contribution in [3.63, 3.8) is 0 Å². The van der Waals surface area contributed by atoms with E-state index in [1.54, 1.807) is 6.07 Å². The van der Waals surface area contributed by atoms with Crippen molar-refractivity contribution in [3.8, 4) is 0 Å². The van der Waals surface area contributed by atoms with Crippen LogP contribution < -0.4 is 10.6 Å². The van der Waals surface area contributed by atoms with E-state index in [2.05, 4.69) is 24.8 Å². The Hall–Kier alpha value is -1.09. The highest BCUT2D eigenvalue weighted by atomic mass is 19.1. The molecule has 1 unspecified atom stereocenters. The SMILES string of the molecule is CCCN(c1cccc(F)c1CC(N)CC)C1CC1. The second kappa shape index (κ2) is 6.38. The van der Waals surface area contributed by atoms with Gasteiger partial charge < -0.3 is 10.6 Å². The molecular formula is C16H25FN2. The summed E-state index contributed by atoms with van der Waals surface area (Å²) in [6, 6.07) is 6.07. The zero-order chi connectivity index (χ0) is 13.8. The van der Waals surface area contributed by atoms with Crippen LogP contribution in [0.2, 0.25) is 0 Å². The molecule has 1 aliphatic carbocycles. The van der Waals surface area contributed by atoms with Gasteiger partial charge in [0, 0.05) is 29.9 Å². The van der Waals surface area contributed by atoms with Crippen molar-refractivity contribution in [2.75, 3.05) is 11.4 Å². The van der Waals surface area contributed by atoms with E-state index in [1.165, 1.54) is 12.8 Å². The molecule has 2 rings (SSSR count). The molecule has 1 aromatic carbocycles. The minimum atomic E-state index is -0.108. The monoisotopic (exact) mass is 264 g/mol. The number of nitrogens with two attached hydrogens (primary N) is 1. The number of rotatable bonds is 7. The zero-order valence-electron chi connectivity index (χ0n) is 12.0. The highest BCUT2D eigenvalue weighted by molar-refractivity contribution is 5.56. The lowest BCUT2D eigenvalue weighted by atomic mass is 10.0. The Morgan fingerprint density at radius 3 is 2.68 bits per heavy atom. The number of hydrogen-bond acceptors (Lipinski definition) is 2. The van der Waals surface area contributed by atoms with Crippen molar-refractivity contribution < 1.29 is 4.39 Å². The maximum Gasteiger partial charge on any atom is 0.128 e. The molecule has 0 heterocycles. The van der Waals surface area contributed by atoms with Gasteiger partial charge in [0.25, 0.3) is 0 Å². The molecule has 2 N–H and O–H groups in total. The fraction of sp³-hybridized carbons (Fsp3) is 0.625. The third-order valence-electron chi connectivity index (χ3n) is 3.85. The van der Waals surface area contributed by atoms with Crippen molar-refractivity contribution in [1.82, 2.24) is 0 Å². The highest BCUT2D eigenvalue weighted by Gasteiger charge is 2.30. The van der Waals surface area contributed by atoms with Gasteiger partial charge in [0.15, 0.2) is 0 Å². The highest BCUT2D eigenvalue weighted by Crippen LogP contribution is 2.35. The average molecular weight is 264 g/mol. The van der Waals surface area contributed by atoms with Crippen LogP contribution in [0.4, 0.5) is 10.1 Å². The van der Waals surface area contributed by atoms with Crippen molar-refractivity contribution in [3.05, 3.63) is 29.6 Å². The van der Waals surface area contributed by atoms with E-state index >= 15 is 0 Å². The van der Waals surface area contributed by atoms with Gasteiger partial charge in [-0.2, -0.15) is 0 Å². The number of anilines is 1. The van der Waals surface area contributed by atoms with E-state index in [0.29, 0.717) is 12.5 Å². The first-order valence-electron chi connectivity index (χ1n) is 7.47. The smallest absolute Gasteiger partial charge is 0.128 e. The van der Waals surface area contributed by atoms with Crippen molar-refractivity contribution >= 4 is 5.69 Å². The molecule has 3 heteroatoms. The van der Waals surface area contributed by atoms with Crippen LogP contribution in [-0.4, -0.2) is 18.6 Å². The molecule has 1 aromatic rings. The molecule has 2 nitrogen and oxygen atoms in total. The number of hydrogen-bond donors (Lipinski definition) is 1. The normalized spacial score (nSPS) is 16.4. The molecule has 19 heavy (non-hydrogen) atoms. The van der Waals surface area contributed by atoms with Gasteiger partial charge in [-0.15, -0.1) is 0 Å². The van der Waals surface area contributed by atoms with E-state index in [-0.39, 0.29) is 11.9 Å². The van der Waals surface area contributed by atoms with Crippen LogP contribution in [0.25, 0.3) is 0 Å². The van der Waals surface area contributed by atoms with Gasteiger partial charge in [0.1, 0.15) is 5.82 Å². The van der Waals surface area contributed by atoms with Crippen LogP contribution in [-0.2, 0) is 6.42 Å². The van der Waals surface area contributed by atoms with E-state index in [0.717, 1.165) is 30.6 Å². The van der Waals surface area contributed by atoms with Gasteiger partial charge in [0.2, 0.25) is 0 Å². The Kier molecular flexibility index (Phi) is 4.81. The molecule has 0 spiro atoms. The summed E-state index contributed by atoms with van der Waals surface area (Å²) in [5.74, 6) is -0.108. The summed E-state index contributed by atoms with van der Waals surface area (Å²) in [7, 11) is 0. The maximum atomic E-state index is 14.1. The minimum absolute atomic E-state index is 0.0401. The Bertz CT molecular complexity index is 415. The molecule has 1 saturated carbocycles. The molecule has 0 amide bonds. The first kappa shape index (κ1) is 14.3. The van der Waals surface area contributed by atoms with E-state index in [1.807, 2.05) is 6.07 Å². The summed E-state index contributed by atoms with van der Waals surface area (Å²) in [6.07, 6.45) is 5.06. The quantitative estimate of drug-likeness (QED) is 0.817. The van der Waals surface area contributed by atoms with Gasteiger partial charge in [0.05, 0.1) is 0 Å². The molecule has 0 radical (unpaired) electrons. The van der Waals surface area contributed by atoms with E-state index in [9.17, 15) is 4.39 Å². The summed E-state index contributed by atoms with van der Waals surface area (Å²) in [4.78, 5) is 2.38. The molecule has 1 aliphatic rings. The van der Waals surface area contributed by atoms with Gasteiger partial charge in [-0.1, -0.05) is 19.9 Å². The predicted octanol–water partition coefficient (Wildman–Crippen LogP) is 3.48. The van der Waals surface area contributed by atoms with Crippen LogP contribution in [0.15, 0.2) is 18.2 Å². The van der Waals surface area contributed by atoms with E-state index in [4.69, 9.17) is 5.73 Å². The van der Waals surface area contributed by atoms with Gasteiger partial charge in [-0.05, 0) is 44.2 Å². The van der Waals surface area contributed by atoms with Crippen LogP contribution in [0.3, 0.4) is 0 Å². The Labute approximate surface area is 115 Å². The number of halogens is 1. The largest absolute Gasteiger partial charge is 0.368 e. The molecule has 0 aliphatic heterocycles. The van der Waals surface area contributed by atoms with Gasteiger partial charge in [-0.25, -0.2) is 4.39 Å².